The average Bonchev–Trinajstić information content (AvgIpc) is 2.61. The van der Waals surface area contributed by atoms with E-state index in [1.165, 1.54) is 0 Å². The second-order valence-corrected chi connectivity index (χ2v) is 4.99. The average molecular weight is 290 g/mol. The van der Waals surface area contributed by atoms with Crippen molar-refractivity contribution in [3.63, 3.8) is 0 Å². The smallest absolute Gasteiger partial charge is 0.377 e. The normalized spacial score (nSPS) is 23.2. The van der Waals surface area contributed by atoms with Crippen LogP contribution in [0.15, 0.2) is 24.3 Å². The molecular weight excluding hydrogens is 276 g/mol. The van der Waals surface area contributed by atoms with Gasteiger partial charge in [0.2, 0.25) is 0 Å². The highest BCUT2D eigenvalue weighted by Crippen LogP contribution is 2.31. The Hall–Kier alpha value is -1.20. The van der Waals surface area contributed by atoms with E-state index < -0.39 is 24.4 Å². The Balaban J connectivity index is 1.90. The Morgan fingerprint density at radius 1 is 1.53 bits per heavy atom. The van der Waals surface area contributed by atoms with E-state index in [0.717, 1.165) is 5.56 Å². The molecule has 3 nitrogen and oxygen atoms in total. The molecule has 0 aromatic heterocycles. The molecule has 104 valence electrons. The van der Waals surface area contributed by atoms with Gasteiger partial charge in [-0.25, -0.2) is 4.79 Å². The maximum atomic E-state index is 13.0. The maximum Gasteiger partial charge on any atom is 0.377 e. The molecule has 0 radical (unpaired) electrons. The van der Waals surface area contributed by atoms with Gasteiger partial charge in [0.1, 0.15) is 6.10 Å². The van der Waals surface area contributed by atoms with Crippen molar-refractivity contribution in [3.05, 3.63) is 34.9 Å². The number of benzene rings is 1. The molecule has 1 unspecified atom stereocenters. The predicted octanol–water partition coefficient (Wildman–Crippen LogP) is 2.94. The number of hydrogen-bond donors (Lipinski definition) is 1. The number of cyclic esters (lactones) is 1. The van der Waals surface area contributed by atoms with E-state index in [1.54, 1.807) is 6.07 Å². The second kappa shape index (κ2) is 5.43. The van der Waals surface area contributed by atoms with Crippen molar-refractivity contribution >= 4 is 17.6 Å². The lowest BCUT2D eigenvalue weighted by atomic mass is 10.1. The van der Waals surface area contributed by atoms with Gasteiger partial charge in [-0.05, 0) is 18.6 Å². The molecule has 1 fully saturated rings. The van der Waals surface area contributed by atoms with Gasteiger partial charge in [-0.3, -0.25) is 0 Å². The number of rotatable bonds is 4. The number of carbonyl (C=O) groups excluding carboxylic acids is 1. The van der Waals surface area contributed by atoms with E-state index in [0.29, 0.717) is 5.02 Å². The molecule has 2 rings (SSSR count). The fourth-order valence-electron chi connectivity index (χ4n) is 2.01. The molecule has 1 aromatic carbocycles. The highest BCUT2D eigenvalue weighted by Gasteiger charge is 2.50. The van der Waals surface area contributed by atoms with Gasteiger partial charge in [0, 0.05) is 17.6 Å². The first kappa shape index (κ1) is 14.2. The van der Waals surface area contributed by atoms with Gasteiger partial charge in [0.25, 0.3) is 0 Å². The van der Waals surface area contributed by atoms with Crippen LogP contribution in [0.3, 0.4) is 0 Å². The molecule has 1 aromatic rings. The van der Waals surface area contributed by atoms with E-state index in [2.05, 4.69) is 10.1 Å². The van der Waals surface area contributed by atoms with Gasteiger partial charge < -0.3 is 10.1 Å². The van der Waals surface area contributed by atoms with Crippen LogP contribution in [0, 0.1) is 0 Å². The molecule has 0 spiro atoms. The molecule has 2 atom stereocenters. The van der Waals surface area contributed by atoms with E-state index in [1.807, 2.05) is 25.1 Å². The van der Waals surface area contributed by atoms with Crippen LogP contribution in [0.4, 0.5) is 8.78 Å². The van der Waals surface area contributed by atoms with Crippen LogP contribution in [-0.4, -0.2) is 24.5 Å². The van der Waals surface area contributed by atoms with Gasteiger partial charge in [-0.2, -0.15) is 8.78 Å². The molecule has 1 saturated heterocycles. The fraction of sp³-hybridized carbons (Fsp3) is 0.462. The van der Waals surface area contributed by atoms with Gasteiger partial charge in [-0.15, -0.1) is 0 Å². The van der Waals surface area contributed by atoms with Crippen LogP contribution in [0.5, 0.6) is 0 Å². The van der Waals surface area contributed by atoms with Crippen LogP contribution in [0.2, 0.25) is 5.02 Å². The summed E-state index contributed by atoms with van der Waals surface area (Å²) in [5.74, 6) is -4.80. The lowest BCUT2D eigenvalue weighted by molar-refractivity contribution is -0.159. The molecule has 6 heteroatoms. The molecular formula is C13H14ClF2NO2. The van der Waals surface area contributed by atoms with E-state index >= 15 is 0 Å². The largest absolute Gasteiger partial charge is 0.456 e. The highest BCUT2D eigenvalue weighted by molar-refractivity contribution is 6.31. The Bertz CT molecular complexity index is 481. The third-order valence-corrected chi connectivity index (χ3v) is 3.42. The van der Waals surface area contributed by atoms with Gasteiger partial charge in [-0.1, -0.05) is 29.8 Å². The number of carbonyl (C=O) groups is 1. The molecule has 19 heavy (non-hydrogen) atoms. The molecule has 0 saturated carbocycles. The lowest BCUT2D eigenvalue weighted by Gasteiger charge is -2.17. The topological polar surface area (TPSA) is 38.3 Å². The molecule has 1 aliphatic heterocycles. The van der Waals surface area contributed by atoms with Crippen molar-refractivity contribution in [2.75, 3.05) is 6.54 Å². The molecule has 0 bridgehead atoms. The zero-order chi connectivity index (χ0) is 14.0. The molecule has 0 amide bonds. The number of ether oxygens (including phenoxy) is 1. The minimum atomic E-state index is -3.36. The molecule has 1 aliphatic rings. The zero-order valence-corrected chi connectivity index (χ0v) is 11.1. The van der Waals surface area contributed by atoms with Crippen molar-refractivity contribution < 1.29 is 18.3 Å². The summed E-state index contributed by atoms with van der Waals surface area (Å²) in [4.78, 5) is 10.9. The van der Waals surface area contributed by atoms with Crippen molar-refractivity contribution in [2.45, 2.75) is 31.4 Å². The third kappa shape index (κ3) is 3.22. The Kier molecular flexibility index (Phi) is 4.06. The van der Waals surface area contributed by atoms with Gasteiger partial charge >= 0.3 is 11.9 Å². The second-order valence-electron chi connectivity index (χ2n) is 4.59. The van der Waals surface area contributed by atoms with E-state index in [4.69, 9.17) is 11.6 Å². The van der Waals surface area contributed by atoms with Crippen LogP contribution in [0.1, 0.15) is 24.9 Å². The quantitative estimate of drug-likeness (QED) is 0.866. The first-order valence-electron chi connectivity index (χ1n) is 5.97. The van der Waals surface area contributed by atoms with Crippen molar-refractivity contribution in [1.29, 1.82) is 0 Å². The summed E-state index contributed by atoms with van der Waals surface area (Å²) in [6, 6.07) is 7.18. The molecule has 1 heterocycles. The maximum absolute atomic E-state index is 13.0. The number of esters is 1. The van der Waals surface area contributed by atoms with Crippen molar-refractivity contribution in [2.24, 2.45) is 0 Å². The SMILES string of the molecule is C[C@H](NCC1CC(F)(F)C(=O)O1)c1ccccc1Cl. The number of hydrogen-bond acceptors (Lipinski definition) is 3. The first-order valence-corrected chi connectivity index (χ1v) is 6.34. The minimum absolute atomic E-state index is 0.110. The van der Waals surface area contributed by atoms with Crippen molar-refractivity contribution in [1.82, 2.24) is 5.32 Å². The Labute approximate surface area is 114 Å². The fourth-order valence-corrected chi connectivity index (χ4v) is 2.31. The summed E-state index contributed by atoms with van der Waals surface area (Å²) in [6.07, 6.45) is -1.37. The first-order chi connectivity index (χ1) is 8.90. The number of halogens is 3. The summed E-state index contributed by atoms with van der Waals surface area (Å²) < 4.78 is 30.6. The summed E-state index contributed by atoms with van der Waals surface area (Å²) in [5, 5.41) is 3.65. The molecule has 1 N–H and O–H groups in total. The Morgan fingerprint density at radius 2 is 2.21 bits per heavy atom. The summed E-state index contributed by atoms with van der Waals surface area (Å²) in [6.45, 7) is 2.05. The van der Waals surface area contributed by atoms with E-state index in [-0.39, 0.29) is 12.6 Å². The van der Waals surface area contributed by atoms with Crippen LogP contribution < -0.4 is 5.32 Å². The minimum Gasteiger partial charge on any atom is -0.456 e. The number of nitrogens with one attached hydrogen (secondary N) is 1. The standard InChI is InChI=1S/C13H14ClF2NO2/c1-8(10-4-2-3-5-11(10)14)17-7-9-6-13(15,16)12(18)19-9/h2-5,8-9,17H,6-7H2,1H3/t8-,9?/m0/s1. The van der Waals surface area contributed by atoms with E-state index in [9.17, 15) is 13.6 Å². The predicted molar refractivity (Wildman–Crippen MR) is 67.3 cm³/mol. The summed E-state index contributed by atoms with van der Waals surface area (Å²) >= 11 is 6.04. The van der Waals surface area contributed by atoms with Crippen LogP contribution >= 0.6 is 11.6 Å². The van der Waals surface area contributed by atoms with Crippen LogP contribution in [-0.2, 0) is 9.53 Å². The monoisotopic (exact) mass is 289 g/mol. The lowest BCUT2D eigenvalue weighted by Crippen LogP contribution is -2.29. The van der Waals surface area contributed by atoms with Gasteiger partial charge in [0.05, 0.1) is 6.42 Å². The Morgan fingerprint density at radius 3 is 2.79 bits per heavy atom. The summed E-state index contributed by atoms with van der Waals surface area (Å²) in [5.41, 5.74) is 0.875. The summed E-state index contributed by atoms with van der Waals surface area (Å²) in [7, 11) is 0. The van der Waals surface area contributed by atoms with Gasteiger partial charge in [0.15, 0.2) is 0 Å². The molecule has 0 aliphatic carbocycles. The van der Waals surface area contributed by atoms with Crippen LogP contribution in [0.25, 0.3) is 0 Å². The zero-order valence-electron chi connectivity index (χ0n) is 10.3. The number of alkyl halides is 2. The highest BCUT2D eigenvalue weighted by atomic mass is 35.5. The van der Waals surface area contributed by atoms with Crippen molar-refractivity contribution in [3.8, 4) is 0 Å². The third-order valence-electron chi connectivity index (χ3n) is 3.08.